The summed E-state index contributed by atoms with van der Waals surface area (Å²) in [6, 6.07) is 11.0. The number of aromatic nitrogens is 1. The fraction of sp³-hybridized carbons (Fsp3) is 0.421. The molecule has 3 nitrogen and oxygen atoms in total. The minimum absolute atomic E-state index is 0.0834. The van der Waals surface area contributed by atoms with Crippen LogP contribution in [-0.2, 0) is 17.8 Å². The fourth-order valence-corrected chi connectivity index (χ4v) is 3.07. The zero-order valence-electron chi connectivity index (χ0n) is 13.6. The second-order valence-electron chi connectivity index (χ2n) is 6.44. The Morgan fingerprint density at radius 3 is 2.50 bits per heavy atom. The lowest BCUT2D eigenvalue weighted by Gasteiger charge is -2.09. The number of aryl methyl sites for hydroxylation is 2. The molecule has 1 aromatic heterocycles. The Bertz CT molecular complexity index is 678. The Balaban J connectivity index is 1.59. The van der Waals surface area contributed by atoms with Crippen LogP contribution in [0.25, 0.3) is 0 Å². The molecule has 0 bridgehead atoms. The van der Waals surface area contributed by atoms with E-state index in [-0.39, 0.29) is 5.91 Å². The van der Waals surface area contributed by atoms with E-state index in [1.807, 2.05) is 24.3 Å². The van der Waals surface area contributed by atoms with E-state index in [2.05, 4.69) is 36.7 Å². The average molecular weight is 296 g/mol. The maximum atomic E-state index is 12.1. The molecule has 3 heteroatoms. The van der Waals surface area contributed by atoms with Crippen molar-refractivity contribution < 1.29 is 4.79 Å². The molecular formula is C19H24N2O. The molecule has 0 spiro atoms. The van der Waals surface area contributed by atoms with Crippen molar-refractivity contribution in [1.82, 2.24) is 9.88 Å². The lowest BCUT2D eigenvalue weighted by molar-refractivity contribution is -0.120. The second kappa shape index (κ2) is 5.99. The highest BCUT2D eigenvalue weighted by Crippen LogP contribution is 2.38. The van der Waals surface area contributed by atoms with Crippen molar-refractivity contribution in [1.29, 1.82) is 0 Å². The number of benzene rings is 1. The molecular weight excluding hydrogens is 272 g/mol. The van der Waals surface area contributed by atoms with E-state index in [9.17, 15) is 4.79 Å². The number of hydrogen-bond donors (Lipinski definition) is 1. The minimum Gasteiger partial charge on any atom is -0.352 e. The maximum Gasteiger partial charge on any atom is 0.224 e. The standard InChI is InChI=1S/C19H24N2O/c1-13-4-6-16(7-5-13)11-19(22)20-12-17-10-14(2)21(15(17)3)18-8-9-18/h4-7,10,18H,8-9,11-12H2,1-3H3,(H,20,22). The molecule has 0 aliphatic heterocycles. The lowest BCUT2D eigenvalue weighted by atomic mass is 10.1. The maximum absolute atomic E-state index is 12.1. The Morgan fingerprint density at radius 1 is 1.18 bits per heavy atom. The first-order valence-corrected chi connectivity index (χ1v) is 8.04. The summed E-state index contributed by atoms with van der Waals surface area (Å²) in [5.74, 6) is 0.0834. The molecule has 0 radical (unpaired) electrons. The molecule has 116 valence electrons. The van der Waals surface area contributed by atoms with Gasteiger partial charge in [-0.1, -0.05) is 29.8 Å². The molecule has 3 rings (SSSR count). The number of rotatable bonds is 5. The van der Waals surface area contributed by atoms with Gasteiger partial charge in [0.15, 0.2) is 0 Å². The van der Waals surface area contributed by atoms with Crippen LogP contribution >= 0.6 is 0 Å². The number of nitrogens with zero attached hydrogens (tertiary/aromatic N) is 1. The SMILES string of the molecule is Cc1ccc(CC(=O)NCc2cc(C)n(C3CC3)c2C)cc1. The first-order valence-electron chi connectivity index (χ1n) is 8.04. The van der Waals surface area contributed by atoms with Crippen LogP contribution in [0.3, 0.4) is 0 Å². The first kappa shape index (κ1) is 14.9. The van der Waals surface area contributed by atoms with Gasteiger partial charge in [0.1, 0.15) is 0 Å². The van der Waals surface area contributed by atoms with Gasteiger partial charge in [-0.15, -0.1) is 0 Å². The second-order valence-corrected chi connectivity index (χ2v) is 6.44. The van der Waals surface area contributed by atoms with Gasteiger partial charge < -0.3 is 9.88 Å². The van der Waals surface area contributed by atoms with Crippen LogP contribution in [0.2, 0.25) is 0 Å². The zero-order valence-corrected chi connectivity index (χ0v) is 13.6. The Kier molecular flexibility index (Phi) is 4.06. The van der Waals surface area contributed by atoms with E-state index in [4.69, 9.17) is 0 Å². The third-order valence-electron chi connectivity index (χ3n) is 4.46. The summed E-state index contributed by atoms with van der Waals surface area (Å²) in [7, 11) is 0. The highest BCUT2D eigenvalue weighted by Gasteiger charge is 2.26. The third-order valence-corrected chi connectivity index (χ3v) is 4.46. The summed E-state index contributed by atoms with van der Waals surface area (Å²) in [5, 5.41) is 3.05. The molecule has 1 aromatic carbocycles. The van der Waals surface area contributed by atoms with Gasteiger partial charge in [-0.2, -0.15) is 0 Å². The van der Waals surface area contributed by atoms with Gasteiger partial charge in [0.2, 0.25) is 5.91 Å². The molecule has 0 unspecified atom stereocenters. The molecule has 1 saturated carbocycles. The molecule has 0 atom stereocenters. The van der Waals surface area contributed by atoms with E-state index in [1.54, 1.807) is 0 Å². The highest BCUT2D eigenvalue weighted by atomic mass is 16.1. The third kappa shape index (κ3) is 3.24. The van der Waals surface area contributed by atoms with Crippen LogP contribution in [0, 0.1) is 20.8 Å². The van der Waals surface area contributed by atoms with Gasteiger partial charge in [0, 0.05) is 24.0 Å². The van der Waals surface area contributed by atoms with E-state index in [0.29, 0.717) is 19.0 Å². The minimum atomic E-state index is 0.0834. The van der Waals surface area contributed by atoms with Crippen molar-refractivity contribution in [2.75, 3.05) is 0 Å². The molecule has 2 aromatic rings. The van der Waals surface area contributed by atoms with E-state index in [1.165, 1.54) is 35.4 Å². The van der Waals surface area contributed by atoms with Gasteiger partial charge in [-0.25, -0.2) is 0 Å². The van der Waals surface area contributed by atoms with Crippen molar-refractivity contribution in [3.63, 3.8) is 0 Å². The molecule has 1 aliphatic carbocycles. The van der Waals surface area contributed by atoms with E-state index >= 15 is 0 Å². The average Bonchev–Trinajstić information content (AvgIpc) is 3.26. The van der Waals surface area contributed by atoms with Crippen molar-refractivity contribution in [3.05, 3.63) is 58.4 Å². The molecule has 1 aliphatic rings. The Labute approximate surface area is 132 Å². The molecule has 1 amide bonds. The van der Waals surface area contributed by atoms with Crippen molar-refractivity contribution in [2.45, 2.75) is 52.6 Å². The highest BCUT2D eigenvalue weighted by molar-refractivity contribution is 5.78. The van der Waals surface area contributed by atoms with E-state index in [0.717, 1.165) is 5.56 Å². The normalized spacial score (nSPS) is 14.1. The van der Waals surface area contributed by atoms with Gasteiger partial charge >= 0.3 is 0 Å². The zero-order chi connectivity index (χ0) is 15.7. The molecule has 22 heavy (non-hydrogen) atoms. The summed E-state index contributed by atoms with van der Waals surface area (Å²) in [4.78, 5) is 12.1. The lowest BCUT2D eigenvalue weighted by Crippen LogP contribution is -2.24. The number of carbonyl (C=O) groups is 1. The van der Waals surface area contributed by atoms with Crippen molar-refractivity contribution >= 4 is 5.91 Å². The Hall–Kier alpha value is -2.03. The number of amides is 1. The summed E-state index contributed by atoms with van der Waals surface area (Å²) in [6.07, 6.45) is 3.02. The van der Waals surface area contributed by atoms with Crippen LogP contribution in [-0.4, -0.2) is 10.5 Å². The number of carbonyl (C=O) groups excluding carboxylic acids is 1. The van der Waals surface area contributed by atoms with Crippen LogP contribution in [0.1, 0.15) is 47.0 Å². The fourth-order valence-electron chi connectivity index (χ4n) is 3.07. The first-order chi connectivity index (χ1) is 10.5. The summed E-state index contributed by atoms with van der Waals surface area (Å²) < 4.78 is 2.42. The summed E-state index contributed by atoms with van der Waals surface area (Å²) in [6.45, 7) is 6.99. The largest absolute Gasteiger partial charge is 0.352 e. The predicted octanol–water partition coefficient (Wildman–Crippen LogP) is 3.61. The van der Waals surface area contributed by atoms with Crippen LogP contribution in [0.5, 0.6) is 0 Å². The quantitative estimate of drug-likeness (QED) is 0.898. The van der Waals surface area contributed by atoms with Crippen molar-refractivity contribution in [2.24, 2.45) is 0 Å². The Morgan fingerprint density at radius 2 is 1.86 bits per heavy atom. The predicted molar refractivity (Wildman–Crippen MR) is 88.9 cm³/mol. The summed E-state index contributed by atoms with van der Waals surface area (Å²) in [5.41, 5.74) is 6.13. The number of hydrogen-bond acceptors (Lipinski definition) is 1. The van der Waals surface area contributed by atoms with Gasteiger partial charge in [-0.05, 0) is 50.8 Å². The van der Waals surface area contributed by atoms with E-state index < -0.39 is 0 Å². The van der Waals surface area contributed by atoms with Crippen LogP contribution in [0.4, 0.5) is 0 Å². The molecule has 1 N–H and O–H groups in total. The van der Waals surface area contributed by atoms with Gasteiger partial charge in [0.05, 0.1) is 6.42 Å². The molecule has 0 saturated heterocycles. The summed E-state index contributed by atoms with van der Waals surface area (Å²) >= 11 is 0. The van der Waals surface area contributed by atoms with Gasteiger partial charge in [-0.3, -0.25) is 4.79 Å². The molecule has 1 fully saturated rings. The van der Waals surface area contributed by atoms with Crippen LogP contribution in [0.15, 0.2) is 30.3 Å². The number of nitrogens with one attached hydrogen (secondary N) is 1. The molecule has 1 heterocycles. The smallest absolute Gasteiger partial charge is 0.224 e. The van der Waals surface area contributed by atoms with Crippen LogP contribution < -0.4 is 5.32 Å². The van der Waals surface area contributed by atoms with Gasteiger partial charge in [0.25, 0.3) is 0 Å². The van der Waals surface area contributed by atoms with Crippen molar-refractivity contribution in [3.8, 4) is 0 Å². The monoisotopic (exact) mass is 296 g/mol. The topological polar surface area (TPSA) is 34.0 Å².